The topological polar surface area (TPSA) is 83.6 Å². The number of hydrogen-bond acceptors (Lipinski definition) is 5. The molecule has 3 N–H and O–H groups in total. The van der Waals surface area contributed by atoms with Gasteiger partial charge in [-0.05, 0) is 14.0 Å². The summed E-state index contributed by atoms with van der Waals surface area (Å²) in [5.74, 6) is 0.101. The van der Waals surface area contributed by atoms with Crippen molar-refractivity contribution in [3.63, 3.8) is 0 Å². The van der Waals surface area contributed by atoms with E-state index in [-0.39, 0.29) is 12.3 Å². The molecule has 0 fully saturated rings. The predicted molar refractivity (Wildman–Crippen MR) is 56.9 cm³/mol. The molecule has 0 bridgehead atoms. The number of nitrogens with two attached hydrogens (primary N) is 1. The number of sulfone groups is 1. The van der Waals surface area contributed by atoms with Crippen LogP contribution in [0, 0.1) is 0 Å². The van der Waals surface area contributed by atoms with Crippen molar-refractivity contribution in [1.29, 1.82) is 0 Å². The highest BCUT2D eigenvalue weighted by Gasteiger charge is 2.20. The Morgan fingerprint density at radius 2 is 2.00 bits per heavy atom. The second-order valence-electron chi connectivity index (χ2n) is 4.07. The van der Waals surface area contributed by atoms with Crippen LogP contribution in [0.25, 0.3) is 0 Å². The number of nitrogens with zero attached hydrogens (tertiary/aromatic N) is 1. The summed E-state index contributed by atoms with van der Waals surface area (Å²) in [6.45, 7) is 2.58. The molecule has 0 spiro atoms. The lowest BCUT2D eigenvalue weighted by molar-refractivity contribution is 0.0368. The Kier molecular flexibility index (Phi) is 5.00. The average Bonchev–Trinajstić information content (AvgIpc) is 1.99. The van der Waals surface area contributed by atoms with Crippen molar-refractivity contribution in [2.75, 3.05) is 38.7 Å². The SMILES string of the molecule is CN(CCS(C)(=O)=O)CC(C)(O)CN. The molecule has 86 valence electrons. The van der Waals surface area contributed by atoms with E-state index in [0.717, 1.165) is 0 Å². The zero-order valence-corrected chi connectivity index (χ0v) is 9.84. The molecule has 0 radical (unpaired) electrons. The van der Waals surface area contributed by atoms with E-state index in [1.807, 2.05) is 0 Å². The van der Waals surface area contributed by atoms with Crippen LogP contribution in [0.3, 0.4) is 0 Å². The van der Waals surface area contributed by atoms with Gasteiger partial charge in [0.05, 0.1) is 11.4 Å². The van der Waals surface area contributed by atoms with Crippen LogP contribution in [0.5, 0.6) is 0 Å². The third kappa shape index (κ3) is 7.25. The lowest BCUT2D eigenvalue weighted by atomic mass is 10.1. The first-order valence-electron chi connectivity index (χ1n) is 4.45. The molecule has 0 aromatic rings. The molecular formula is C8H20N2O3S. The lowest BCUT2D eigenvalue weighted by Crippen LogP contribution is -2.45. The van der Waals surface area contributed by atoms with Gasteiger partial charge in [0, 0.05) is 25.9 Å². The van der Waals surface area contributed by atoms with Crippen LogP contribution in [0.4, 0.5) is 0 Å². The first kappa shape index (κ1) is 13.8. The number of hydrogen-bond donors (Lipinski definition) is 2. The maximum atomic E-state index is 10.9. The van der Waals surface area contributed by atoms with E-state index in [2.05, 4.69) is 0 Å². The molecular weight excluding hydrogens is 204 g/mol. The fourth-order valence-electron chi connectivity index (χ4n) is 1.05. The zero-order valence-electron chi connectivity index (χ0n) is 9.02. The predicted octanol–water partition coefficient (Wildman–Crippen LogP) is -1.33. The minimum absolute atomic E-state index is 0.101. The highest BCUT2D eigenvalue weighted by atomic mass is 32.2. The number of rotatable bonds is 6. The van der Waals surface area contributed by atoms with Gasteiger partial charge >= 0.3 is 0 Å². The van der Waals surface area contributed by atoms with Crippen LogP contribution in [0.15, 0.2) is 0 Å². The summed E-state index contributed by atoms with van der Waals surface area (Å²) in [4.78, 5) is 1.76. The Bertz CT molecular complexity index is 262. The molecule has 14 heavy (non-hydrogen) atoms. The lowest BCUT2D eigenvalue weighted by Gasteiger charge is -2.27. The van der Waals surface area contributed by atoms with Crippen LogP contribution in [-0.4, -0.2) is 62.7 Å². The molecule has 0 amide bonds. The van der Waals surface area contributed by atoms with E-state index in [4.69, 9.17) is 5.73 Å². The van der Waals surface area contributed by atoms with E-state index in [0.29, 0.717) is 13.1 Å². The molecule has 5 nitrogen and oxygen atoms in total. The number of likely N-dealkylation sites (N-methyl/N-ethyl adjacent to an activating group) is 1. The van der Waals surface area contributed by atoms with Gasteiger partial charge in [0.15, 0.2) is 0 Å². The molecule has 1 atom stereocenters. The molecule has 0 aliphatic heterocycles. The molecule has 1 unspecified atom stereocenters. The quantitative estimate of drug-likeness (QED) is 0.584. The third-order valence-corrected chi connectivity index (χ3v) is 2.82. The standard InChI is InChI=1S/C8H20N2O3S/c1-8(11,6-9)7-10(2)4-5-14(3,12)13/h11H,4-7,9H2,1-3H3. The van der Waals surface area contributed by atoms with E-state index in [1.165, 1.54) is 6.26 Å². The van der Waals surface area contributed by atoms with Crippen molar-refractivity contribution < 1.29 is 13.5 Å². The summed E-state index contributed by atoms with van der Waals surface area (Å²) >= 11 is 0. The summed E-state index contributed by atoms with van der Waals surface area (Å²) in [7, 11) is -1.18. The number of aliphatic hydroxyl groups is 1. The van der Waals surface area contributed by atoms with Crippen LogP contribution < -0.4 is 5.73 Å². The van der Waals surface area contributed by atoms with Gasteiger partial charge in [-0.15, -0.1) is 0 Å². The smallest absolute Gasteiger partial charge is 0.148 e. The van der Waals surface area contributed by atoms with E-state index >= 15 is 0 Å². The molecule has 0 saturated carbocycles. The van der Waals surface area contributed by atoms with Gasteiger partial charge in [0.25, 0.3) is 0 Å². The van der Waals surface area contributed by atoms with Crippen molar-refractivity contribution in [2.45, 2.75) is 12.5 Å². The van der Waals surface area contributed by atoms with Gasteiger partial charge in [-0.3, -0.25) is 0 Å². The Morgan fingerprint density at radius 3 is 2.36 bits per heavy atom. The summed E-state index contributed by atoms with van der Waals surface area (Å²) in [5.41, 5.74) is 4.39. The molecule has 0 saturated heterocycles. The summed E-state index contributed by atoms with van der Waals surface area (Å²) in [6.07, 6.45) is 1.20. The normalized spacial score (nSPS) is 17.0. The molecule has 0 aliphatic rings. The maximum absolute atomic E-state index is 10.9. The largest absolute Gasteiger partial charge is 0.388 e. The Hall–Kier alpha value is -0.170. The second-order valence-corrected chi connectivity index (χ2v) is 6.33. The zero-order chi connectivity index (χ0) is 11.4. The minimum atomic E-state index is -2.94. The van der Waals surface area contributed by atoms with Crippen molar-refractivity contribution in [1.82, 2.24) is 4.90 Å². The summed E-state index contributed by atoms with van der Waals surface area (Å²) < 4.78 is 21.7. The fourth-order valence-corrected chi connectivity index (χ4v) is 1.69. The molecule has 0 heterocycles. The molecule has 6 heteroatoms. The van der Waals surface area contributed by atoms with Gasteiger partial charge < -0.3 is 15.7 Å². The van der Waals surface area contributed by atoms with Crippen molar-refractivity contribution >= 4 is 9.84 Å². The molecule has 0 aromatic carbocycles. The van der Waals surface area contributed by atoms with Crippen LogP contribution in [-0.2, 0) is 9.84 Å². The molecule has 0 aromatic heterocycles. The highest BCUT2D eigenvalue weighted by Crippen LogP contribution is 2.02. The van der Waals surface area contributed by atoms with Gasteiger partial charge in [0.2, 0.25) is 0 Å². The third-order valence-electron chi connectivity index (χ3n) is 1.89. The summed E-state index contributed by atoms with van der Waals surface area (Å²) in [5, 5.41) is 9.61. The maximum Gasteiger partial charge on any atom is 0.148 e. The van der Waals surface area contributed by atoms with Crippen LogP contribution in [0.1, 0.15) is 6.92 Å². The highest BCUT2D eigenvalue weighted by molar-refractivity contribution is 7.90. The van der Waals surface area contributed by atoms with Crippen molar-refractivity contribution in [3.05, 3.63) is 0 Å². The van der Waals surface area contributed by atoms with E-state index < -0.39 is 15.4 Å². The van der Waals surface area contributed by atoms with Gasteiger partial charge in [-0.1, -0.05) is 0 Å². The minimum Gasteiger partial charge on any atom is -0.388 e. The first-order valence-corrected chi connectivity index (χ1v) is 6.51. The van der Waals surface area contributed by atoms with Crippen molar-refractivity contribution in [2.24, 2.45) is 5.73 Å². The van der Waals surface area contributed by atoms with Gasteiger partial charge in [-0.2, -0.15) is 0 Å². The van der Waals surface area contributed by atoms with Gasteiger partial charge in [-0.25, -0.2) is 8.42 Å². The fraction of sp³-hybridized carbons (Fsp3) is 1.00. The van der Waals surface area contributed by atoms with E-state index in [1.54, 1.807) is 18.9 Å². The summed E-state index contributed by atoms with van der Waals surface area (Å²) in [6, 6.07) is 0. The first-order chi connectivity index (χ1) is 6.16. The Morgan fingerprint density at radius 1 is 1.50 bits per heavy atom. The second kappa shape index (κ2) is 5.06. The van der Waals surface area contributed by atoms with Crippen molar-refractivity contribution in [3.8, 4) is 0 Å². The van der Waals surface area contributed by atoms with Crippen LogP contribution in [0.2, 0.25) is 0 Å². The Balaban J connectivity index is 3.94. The Labute approximate surface area is 85.8 Å². The monoisotopic (exact) mass is 224 g/mol. The molecule has 0 rings (SSSR count). The molecule has 0 aliphatic carbocycles. The van der Waals surface area contributed by atoms with Gasteiger partial charge in [0.1, 0.15) is 9.84 Å². The van der Waals surface area contributed by atoms with E-state index in [9.17, 15) is 13.5 Å². The average molecular weight is 224 g/mol. The van der Waals surface area contributed by atoms with Crippen LogP contribution >= 0.6 is 0 Å².